The van der Waals surface area contributed by atoms with Crippen LogP contribution in [0.5, 0.6) is 5.75 Å². The summed E-state index contributed by atoms with van der Waals surface area (Å²) in [6.07, 6.45) is 4.38. The van der Waals surface area contributed by atoms with Crippen LogP contribution in [-0.4, -0.2) is 29.4 Å². The van der Waals surface area contributed by atoms with E-state index in [4.69, 9.17) is 4.74 Å². The van der Waals surface area contributed by atoms with Crippen LogP contribution in [0.15, 0.2) is 48.0 Å². The molecule has 1 saturated heterocycles. The van der Waals surface area contributed by atoms with Gasteiger partial charge in [-0.05, 0) is 48.7 Å². The Balaban J connectivity index is 1.66. The Morgan fingerprint density at radius 3 is 2.81 bits per heavy atom. The Labute approximate surface area is 157 Å². The van der Waals surface area contributed by atoms with Gasteiger partial charge in [0.15, 0.2) is 0 Å². The minimum atomic E-state index is 0.114. The largest absolute Gasteiger partial charge is 0.497 e. The highest BCUT2D eigenvalue weighted by Crippen LogP contribution is 2.33. The topological polar surface area (TPSA) is 42.4 Å². The van der Waals surface area contributed by atoms with Gasteiger partial charge in [-0.1, -0.05) is 25.0 Å². The number of carbonyl (C=O) groups is 1. The molecule has 0 radical (unpaired) electrons. The lowest BCUT2D eigenvalue weighted by Gasteiger charge is -2.30. The fourth-order valence-electron chi connectivity index (χ4n) is 3.68. The third kappa shape index (κ3) is 3.31. The molecule has 2 aromatic carbocycles. The number of fused-ring (bicyclic) bond motifs is 1. The first-order chi connectivity index (χ1) is 12.8. The summed E-state index contributed by atoms with van der Waals surface area (Å²) >= 11 is 1.58. The summed E-state index contributed by atoms with van der Waals surface area (Å²) in [5.41, 5.74) is 4.71. The van der Waals surface area contributed by atoms with Gasteiger partial charge in [0.2, 0.25) is 0 Å². The fourth-order valence-corrected chi connectivity index (χ4v) is 4.39. The van der Waals surface area contributed by atoms with Crippen molar-refractivity contribution in [2.75, 3.05) is 13.7 Å². The van der Waals surface area contributed by atoms with Crippen LogP contribution in [0, 0.1) is 0 Å². The predicted molar refractivity (Wildman–Crippen MR) is 105 cm³/mol. The first-order valence-corrected chi connectivity index (χ1v) is 9.92. The van der Waals surface area contributed by atoms with E-state index in [9.17, 15) is 4.79 Å². The summed E-state index contributed by atoms with van der Waals surface area (Å²) in [7, 11) is 1.67. The molecule has 26 heavy (non-hydrogen) atoms. The predicted octanol–water partition coefficient (Wildman–Crippen LogP) is 5.06. The number of benzene rings is 2. The highest BCUT2D eigenvalue weighted by Gasteiger charge is 2.27. The number of rotatable bonds is 3. The van der Waals surface area contributed by atoms with Crippen LogP contribution >= 0.6 is 11.3 Å². The standard InChI is InChI=1S/C21H22N2O2S/c1-25-17-9-6-15(7-10-17)19-5-3-2-4-12-23(19)21(24)16-8-11-18-20(13-16)26-14-22-18/h6-11,13-14,19H,2-5,12H2,1H3/t19-/m0/s1. The molecule has 1 aliphatic rings. The van der Waals surface area contributed by atoms with Crippen molar-refractivity contribution < 1.29 is 9.53 Å². The second-order valence-electron chi connectivity index (χ2n) is 6.67. The third-order valence-corrected chi connectivity index (χ3v) is 5.88. The van der Waals surface area contributed by atoms with E-state index in [0.717, 1.165) is 47.3 Å². The quantitative estimate of drug-likeness (QED) is 0.650. The molecule has 1 amide bonds. The normalized spacial score (nSPS) is 17.9. The van der Waals surface area contributed by atoms with Gasteiger partial charge in [-0.15, -0.1) is 11.3 Å². The van der Waals surface area contributed by atoms with Crippen LogP contribution < -0.4 is 4.74 Å². The fraction of sp³-hybridized carbons (Fsp3) is 0.333. The van der Waals surface area contributed by atoms with Crippen molar-refractivity contribution in [2.24, 2.45) is 0 Å². The number of thiazole rings is 1. The molecule has 1 fully saturated rings. The second kappa shape index (κ2) is 7.46. The molecule has 0 N–H and O–H groups in total. The SMILES string of the molecule is COc1ccc([C@@H]2CCCCCN2C(=O)c2ccc3ncsc3c2)cc1. The Morgan fingerprint density at radius 2 is 2.00 bits per heavy atom. The molecule has 0 saturated carbocycles. The number of hydrogen-bond acceptors (Lipinski definition) is 4. The number of hydrogen-bond donors (Lipinski definition) is 0. The molecule has 4 rings (SSSR count). The molecule has 2 heterocycles. The van der Waals surface area contributed by atoms with E-state index in [2.05, 4.69) is 22.0 Å². The third-order valence-electron chi connectivity index (χ3n) is 5.09. The van der Waals surface area contributed by atoms with Gasteiger partial charge in [-0.25, -0.2) is 4.98 Å². The van der Waals surface area contributed by atoms with Crippen molar-refractivity contribution in [3.63, 3.8) is 0 Å². The van der Waals surface area contributed by atoms with E-state index in [1.165, 1.54) is 12.0 Å². The van der Waals surface area contributed by atoms with Crippen LogP contribution in [0.2, 0.25) is 0 Å². The van der Waals surface area contributed by atoms with Gasteiger partial charge in [0, 0.05) is 12.1 Å². The Kier molecular flexibility index (Phi) is 4.89. The zero-order valence-electron chi connectivity index (χ0n) is 14.9. The number of likely N-dealkylation sites (tertiary alicyclic amines) is 1. The second-order valence-corrected chi connectivity index (χ2v) is 7.56. The lowest BCUT2D eigenvalue weighted by molar-refractivity contribution is 0.0681. The maximum atomic E-state index is 13.3. The molecule has 0 aliphatic carbocycles. The maximum absolute atomic E-state index is 13.3. The van der Waals surface area contributed by atoms with Crippen LogP contribution in [0.25, 0.3) is 10.2 Å². The van der Waals surface area contributed by atoms with Gasteiger partial charge < -0.3 is 9.64 Å². The van der Waals surface area contributed by atoms with Crippen LogP contribution in [0.3, 0.4) is 0 Å². The minimum Gasteiger partial charge on any atom is -0.497 e. The minimum absolute atomic E-state index is 0.114. The number of carbonyl (C=O) groups excluding carboxylic acids is 1. The first-order valence-electron chi connectivity index (χ1n) is 9.04. The van der Waals surface area contributed by atoms with E-state index in [1.54, 1.807) is 18.4 Å². The molecule has 0 unspecified atom stereocenters. The van der Waals surface area contributed by atoms with Crippen molar-refractivity contribution in [1.29, 1.82) is 0 Å². The number of methoxy groups -OCH3 is 1. The van der Waals surface area contributed by atoms with Crippen molar-refractivity contribution in [3.05, 3.63) is 59.1 Å². The van der Waals surface area contributed by atoms with E-state index in [0.29, 0.717) is 0 Å². The highest BCUT2D eigenvalue weighted by atomic mass is 32.1. The number of ether oxygens (including phenoxy) is 1. The lowest BCUT2D eigenvalue weighted by atomic mass is 10.00. The monoisotopic (exact) mass is 366 g/mol. The Morgan fingerprint density at radius 1 is 1.15 bits per heavy atom. The molecular weight excluding hydrogens is 344 g/mol. The van der Waals surface area contributed by atoms with Crippen molar-refractivity contribution in [3.8, 4) is 5.75 Å². The Hall–Kier alpha value is -2.40. The van der Waals surface area contributed by atoms with E-state index in [-0.39, 0.29) is 11.9 Å². The molecule has 1 atom stereocenters. The maximum Gasteiger partial charge on any atom is 0.254 e. The van der Waals surface area contributed by atoms with Gasteiger partial charge in [0.05, 0.1) is 28.9 Å². The molecule has 1 aromatic heterocycles. The average molecular weight is 366 g/mol. The Bertz CT molecular complexity index is 904. The molecule has 3 aromatic rings. The highest BCUT2D eigenvalue weighted by molar-refractivity contribution is 7.16. The summed E-state index contributed by atoms with van der Waals surface area (Å²) < 4.78 is 6.33. The van der Waals surface area contributed by atoms with Crippen LogP contribution in [0.4, 0.5) is 0 Å². The van der Waals surface area contributed by atoms with E-state index in [1.807, 2.05) is 35.8 Å². The summed E-state index contributed by atoms with van der Waals surface area (Å²) in [5.74, 6) is 0.957. The summed E-state index contributed by atoms with van der Waals surface area (Å²) in [5, 5.41) is 0. The lowest BCUT2D eigenvalue weighted by Crippen LogP contribution is -2.34. The van der Waals surface area contributed by atoms with Crippen LogP contribution in [0.1, 0.15) is 47.6 Å². The molecule has 0 spiro atoms. The zero-order chi connectivity index (χ0) is 17.9. The van der Waals surface area contributed by atoms with E-state index >= 15 is 0 Å². The molecule has 134 valence electrons. The van der Waals surface area contributed by atoms with Gasteiger partial charge in [0.1, 0.15) is 5.75 Å². The first kappa shape index (κ1) is 17.0. The van der Waals surface area contributed by atoms with Gasteiger partial charge in [-0.3, -0.25) is 4.79 Å². The average Bonchev–Trinajstić information content (AvgIpc) is 3.02. The number of nitrogens with zero attached hydrogens (tertiary/aromatic N) is 2. The summed E-state index contributed by atoms with van der Waals surface area (Å²) in [6, 6.07) is 14.1. The molecule has 4 nitrogen and oxygen atoms in total. The van der Waals surface area contributed by atoms with E-state index < -0.39 is 0 Å². The van der Waals surface area contributed by atoms with Crippen molar-refractivity contribution in [2.45, 2.75) is 31.7 Å². The summed E-state index contributed by atoms with van der Waals surface area (Å²) in [4.78, 5) is 19.7. The number of aromatic nitrogens is 1. The molecule has 1 aliphatic heterocycles. The van der Waals surface area contributed by atoms with Crippen LogP contribution in [-0.2, 0) is 0 Å². The van der Waals surface area contributed by atoms with Crippen molar-refractivity contribution in [1.82, 2.24) is 9.88 Å². The zero-order valence-corrected chi connectivity index (χ0v) is 15.7. The van der Waals surface area contributed by atoms with Gasteiger partial charge in [-0.2, -0.15) is 0 Å². The van der Waals surface area contributed by atoms with Crippen molar-refractivity contribution >= 4 is 27.5 Å². The smallest absolute Gasteiger partial charge is 0.254 e. The molecule has 0 bridgehead atoms. The number of amides is 1. The van der Waals surface area contributed by atoms with Gasteiger partial charge >= 0.3 is 0 Å². The summed E-state index contributed by atoms with van der Waals surface area (Å²) in [6.45, 7) is 0.802. The molecule has 5 heteroatoms. The van der Waals surface area contributed by atoms with Gasteiger partial charge in [0.25, 0.3) is 5.91 Å². The molecular formula is C21H22N2O2S.